The lowest BCUT2D eigenvalue weighted by Gasteiger charge is -2.15. The molecule has 5 heteroatoms. The number of carbonyl (C=O) groups is 2. The highest BCUT2D eigenvalue weighted by atomic mass is 79.9. The van der Waals surface area contributed by atoms with Crippen LogP contribution in [0.5, 0.6) is 0 Å². The van der Waals surface area contributed by atoms with Gasteiger partial charge in [0.1, 0.15) is 6.04 Å². The lowest BCUT2D eigenvalue weighted by atomic mass is 10.1. The quantitative estimate of drug-likeness (QED) is 0.816. The zero-order valence-electron chi connectivity index (χ0n) is 10.1. The van der Waals surface area contributed by atoms with E-state index in [-0.39, 0.29) is 5.91 Å². The third-order valence-corrected chi connectivity index (χ3v) is 2.78. The molecule has 0 saturated heterocycles. The van der Waals surface area contributed by atoms with Crippen LogP contribution >= 0.6 is 15.9 Å². The molecule has 96 valence electrons. The summed E-state index contributed by atoms with van der Waals surface area (Å²) in [6.45, 7) is 5.48. The summed E-state index contributed by atoms with van der Waals surface area (Å²) in [6, 6.07) is 6.18. The van der Waals surface area contributed by atoms with Gasteiger partial charge in [-0.15, -0.1) is 6.58 Å². The van der Waals surface area contributed by atoms with Crippen molar-refractivity contribution in [3.05, 3.63) is 46.5 Å². The van der Waals surface area contributed by atoms with Crippen LogP contribution in [0.15, 0.2) is 40.9 Å². The van der Waals surface area contributed by atoms with E-state index >= 15 is 0 Å². The average Bonchev–Trinajstić information content (AvgIpc) is 2.27. The molecule has 0 bridgehead atoms. The normalized spacial score (nSPS) is 11.7. The van der Waals surface area contributed by atoms with Gasteiger partial charge in [-0.05, 0) is 31.5 Å². The average molecular weight is 311 g/mol. The first-order chi connectivity index (χ1) is 8.40. The summed E-state index contributed by atoms with van der Waals surface area (Å²) in [5.74, 6) is -0.900. The molecule has 0 saturated carbocycles. The van der Waals surface area contributed by atoms with Crippen LogP contribution in [0.1, 0.15) is 23.7 Å². The minimum absolute atomic E-state index is 0.332. The van der Waals surface area contributed by atoms with E-state index in [1.165, 1.54) is 0 Å². The van der Waals surface area contributed by atoms with Crippen molar-refractivity contribution in [2.45, 2.75) is 19.4 Å². The second-order valence-electron chi connectivity index (χ2n) is 4.10. The predicted octanol–water partition coefficient (Wildman–Crippen LogP) is 2.00. The second kappa shape index (κ2) is 6.35. The SMILES string of the molecule is C=C(C)C[C@H](NC(=O)c1cccc(Br)c1)C(N)=O. The Hall–Kier alpha value is -1.62. The van der Waals surface area contributed by atoms with E-state index in [4.69, 9.17) is 5.73 Å². The molecule has 0 spiro atoms. The Kier molecular flexibility index (Phi) is 5.09. The molecule has 0 heterocycles. The lowest BCUT2D eigenvalue weighted by Crippen LogP contribution is -2.44. The molecule has 0 aromatic heterocycles. The number of nitrogens with two attached hydrogens (primary N) is 1. The van der Waals surface area contributed by atoms with Crippen molar-refractivity contribution in [3.63, 3.8) is 0 Å². The van der Waals surface area contributed by atoms with Crippen LogP contribution in [0, 0.1) is 0 Å². The first-order valence-electron chi connectivity index (χ1n) is 5.40. The number of benzene rings is 1. The summed E-state index contributed by atoms with van der Waals surface area (Å²) in [6.07, 6.45) is 0.342. The van der Waals surface area contributed by atoms with E-state index < -0.39 is 11.9 Å². The Bertz CT molecular complexity index is 486. The summed E-state index contributed by atoms with van der Waals surface area (Å²) in [4.78, 5) is 23.1. The van der Waals surface area contributed by atoms with E-state index in [1.54, 1.807) is 25.1 Å². The number of hydrogen-bond donors (Lipinski definition) is 2. The molecular weight excluding hydrogens is 296 g/mol. The Balaban J connectivity index is 2.78. The van der Waals surface area contributed by atoms with Gasteiger partial charge in [-0.1, -0.05) is 27.6 Å². The zero-order valence-corrected chi connectivity index (χ0v) is 11.7. The molecule has 0 aliphatic heterocycles. The molecular formula is C13H15BrN2O2. The molecule has 1 atom stereocenters. The van der Waals surface area contributed by atoms with Gasteiger partial charge in [0.05, 0.1) is 0 Å². The largest absolute Gasteiger partial charge is 0.368 e. The van der Waals surface area contributed by atoms with Crippen LogP contribution in [0.25, 0.3) is 0 Å². The van der Waals surface area contributed by atoms with Gasteiger partial charge >= 0.3 is 0 Å². The molecule has 1 rings (SSSR count). The summed E-state index contributed by atoms with van der Waals surface area (Å²) in [5.41, 5.74) is 6.49. The van der Waals surface area contributed by atoms with Crippen LogP contribution in [0.4, 0.5) is 0 Å². The summed E-state index contributed by atoms with van der Waals surface area (Å²) >= 11 is 3.28. The Morgan fingerprint density at radius 1 is 1.50 bits per heavy atom. The van der Waals surface area contributed by atoms with Gasteiger partial charge in [-0.2, -0.15) is 0 Å². The maximum absolute atomic E-state index is 11.9. The van der Waals surface area contributed by atoms with Gasteiger partial charge in [0, 0.05) is 10.0 Å². The summed E-state index contributed by atoms with van der Waals surface area (Å²) in [7, 11) is 0. The smallest absolute Gasteiger partial charge is 0.251 e. The number of amides is 2. The van der Waals surface area contributed by atoms with Crippen molar-refractivity contribution in [2.75, 3.05) is 0 Å². The molecule has 3 N–H and O–H groups in total. The Morgan fingerprint density at radius 3 is 2.67 bits per heavy atom. The number of primary amides is 1. The third-order valence-electron chi connectivity index (χ3n) is 2.29. The molecule has 2 amide bonds. The monoisotopic (exact) mass is 310 g/mol. The predicted molar refractivity (Wildman–Crippen MR) is 74.0 cm³/mol. The van der Waals surface area contributed by atoms with E-state index in [9.17, 15) is 9.59 Å². The zero-order chi connectivity index (χ0) is 13.7. The molecule has 1 aromatic rings. The Morgan fingerprint density at radius 2 is 2.17 bits per heavy atom. The first kappa shape index (κ1) is 14.4. The number of halogens is 1. The third kappa shape index (κ3) is 4.33. The molecule has 0 aliphatic rings. The number of hydrogen-bond acceptors (Lipinski definition) is 2. The molecule has 0 aliphatic carbocycles. The molecule has 0 radical (unpaired) electrons. The lowest BCUT2D eigenvalue weighted by molar-refractivity contribution is -0.119. The van der Waals surface area contributed by atoms with Crippen LogP contribution in [0.3, 0.4) is 0 Å². The highest BCUT2D eigenvalue weighted by molar-refractivity contribution is 9.10. The Labute approximate surface area is 114 Å². The topological polar surface area (TPSA) is 72.2 Å². The molecule has 1 aromatic carbocycles. The van der Waals surface area contributed by atoms with Gasteiger partial charge in [0.15, 0.2) is 0 Å². The second-order valence-corrected chi connectivity index (χ2v) is 5.02. The van der Waals surface area contributed by atoms with Crippen molar-refractivity contribution in [2.24, 2.45) is 5.73 Å². The summed E-state index contributed by atoms with van der Waals surface area (Å²) in [5, 5.41) is 2.60. The van der Waals surface area contributed by atoms with Crippen LogP contribution in [-0.2, 0) is 4.79 Å². The van der Waals surface area contributed by atoms with Crippen molar-refractivity contribution in [1.29, 1.82) is 0 Å². The fourth-order valence-electron chi connectivity index (χ4n) is 1.44. The minimum atomic E-state index is -0.728. The molecule has 18 heavy (non-hydrogen) atoms. The number of nitrogens with one attached hydrogen (secondary N) is 1. The maximum atomic E-state index is 11.9. The van der Waals surface area contributed by atoms with E-state index in [1.807, 2.05) is 6.07 Å². The van der Waals surface area contributed by atoms with E-state index in [2.05, 4.69) is 27.8 Å². The van der Waals surface area contributed by atoms with Crippen molar-refractivity contribution in [1.82, 2.24) is 5.32 Å². The van der Waals surface area contributed by atoms with Gasteiger partial charge < -0.3 is 11.1 Å². The van der Waals surface area contributed by atoms with E-state index in [0.717, 1.165) is 10.0 Å². The highest BCUT2D eigenvalue weighted by Gasteiger charge is 2.18. The van der Waals surface area contributed by atoms with Gasteiger partial charge in [0.25, 0.3) is 5.91 Å². The number of carbonyl (C=O) groups excluding carboxylic acids is 2. The highest BCUT2D eigenvalue weighted by Crippen LogP contribution is 2.12. The van der Waals surface area contributed by atoms with Crippen molar-refractivity contribution < 1.29 is 9.59 Å². The van der Waals surface area contributed by atoms with Crippen LogP contribution in [-0.4, -0.2) is 17.9 Å². The minimum Gasteiger partial charge on any atom is -0.368 e. The van der Waals surface area contributed by atoms with Gasteiger partial charge in [0.2, 0.25) is 5.91 Å². The fraction of sp³-hybridized carbons (Fsp3) is 0.231. The van der Waals surface area contributed by atoms with Gasteiger partial charge in [-0.25, -0.2) is 0 Å². The first-order valence-corrected chi connectivity index (χ1v) is 6.19. The molecule has 4 nitrogen and oxygen atoms in total. The van der Waals surface area contributed by atoms with Crippen LogP contribution in [0.2, 0.25) is 0 Å². The summed E-state index contributed by atoms with van der Waals surface area (Å²) < 4.78 is 0.797. The maximum Gasteiger partial charge on any atom is 0.251 e. The molecule has 0 fully saturated rings. The van der Waals surface area contributed by atoms with E-state index in [0.29, 0.717) is 12.0 Å². The standard InChI is InChI=1S/C13H15BrN2O2/c1-8(2)6-11(12(15)17)16-13(18)9-4-3-5-10(14)7-9/h3-5,7,11H,1,6H2,2H3,(H2,15,17)(H,16,18)/t11-/m0/s1. The van der Waals surface area contributed by atoms with Crippen molar-refractivity contribution >= 4 is 27.7 Å². The van der Waals surface area contributed by atoms with Gasteiger partial charge in [-0.3, -0.25) is 9.59 Å². The number of rotatable bonds is 5. The van der Waals surface area contributed by atoms with Crippen molar-refractivity contribution in [3.8, 4) is 0 Å². The molecule has 0 unspecified atom stereocenters. The fourth-order valence-corrected chi connectivity index (χ4v) is 1.84. The van der Waals surface area contributed by atoms with Crippen LogP contribution < -0.4 is 11.1 Å².